The predicted octanol–water partition coefficient (Wildman–Crippen LogP) is 1.66. The number of hydrogen-bond acceptors (Lipinski definition) is 3. The Labute approximate surface area is 100 Å². The maximum absolute atomic E-state index is 6.00. The molecular weight excluding hydrogens is 214 g/mol. The van der Waals surface area contributed by atoms with Crippen LogP contribution in [-0.2, 0) is 4.74 Å². The molecular formula is C13H15N3O. The highest BCUT2D eigenvalue weighted by Crippen LogP contribution is 2.27. The molecule has 0 radical (unpaired) electrons. The molecule has 1 aromatic heterocycles. The summed E-state index contributed by atoms with van der Waals surface area (Å²) in [7, 11) is 0. The molecule has 2 atom stereocenters. The molecule has 2 aromatic rings. The van der Waals surface area contributed by atoms with Crippen molar-refractivity contribution in [3.05, 3.63) is 48.3 Å². The van der Waals surface area contributed by atoms with E-state index >= 15 is 0 Å². The average molecular weight is 229 g/mol. The molecule has 0 amide bonds. The lowest BCUT2D eigenvalue weighted by Gasteiger charge is -2.11. The summed E-state index contributed by atoms with van der Waals surface area (Å²) in [6.45, 7) is 0.738. The van der Waals surface area contributed by atoms with E-state index in [0.29, 0.717) is 0 Å². The normalized spacial score (nSPS) is 24.1. The molecule has 1 fully saturated rings. The van der Waals surface area contributed by atoms with E-state index < -0.39 is 0 Å². The van der Waals surface area contributed by atoms with Gasteiger partial charge in [0, 0.05) is 24.4 Å². The zero-order chi connectivity index (χ0) is 11.7. The number of nitrogens with two attached hydrogens (primary N) is 1. The van der Waals surface area contributed by atoms with E-state index in [9.17, 15) is 0 Å². The zero-order valence-corrected chi connectivity index (χ0v) is 9.49. The standard InChI is InChI=1S/C13H15N3O/c14-12-6-7-17-13(12)10-8-15-16(9-10)11-4-2-1-3-5-11/h1-5,8-9,12-13H,6-7,14H2. The van der Waals surface area contributed by atoms with Crippen LogP contribution in [0.5, 0.6) is 0 Å². The summed E-state index contributed by atoms with van der Waals surface area (Å²) in [5, 5.41) is 4.35. The molecule has 1 aromatic carbocycles. The first-order chi connectivity index (χ1) is 8.34. The minimum Gasteiger partial charge on any atom is -0.372 e. The zero-order valence-electron chi connectivity index (χ0n) is 9.49. The van der Waals surface area contributed by atoms with Crippen LogP contribution < -0.4 is 5.73 Å². The van der Waals surface area contributed by atoms with Gasteiger partial charge in [-0.3, -0.25) is 0 Å². The number of nitrogens with zero attached hydrogens (tertiary/aromatic N) is 2. The number of para-hydroxylation sites is 1. The minimum absolute atomic E-state index is 0.00698. The van der Waals surface area contributed by atoms with Crippen LogP contribution in [-0.4, -0.2) is 22.4 Å². The van der Waals surface area contributed by atoms with Gasteiger partial charge in [0.1, 0.15) is 6.10 Å². The van der Waals surface area contributed by atoms with Gasteiger partial charge in [-0.05, 0) is 18.6 Å². The Kier molecular flexibility index (Phi) is 2.66. The molecule has 0 saturated carbocycles. The highest BCUT2D eigenvalue weighted by Gasteiger charge is 2.27. The molecule has 4 nitrogen and oxygen atoms in total. The van der Waals surface area contributed by atoms with Gasteiger partial charge in [-0.25, -0.2) is 4.68 Å². The van der Waals surface area contributed by atoms with E-state index in [1.165, 1.54) is 0 Å². The lowest BCUT2D eigenvalue weighted by molar-refractivity contribution is 0.105. The summed E-state index contributed by atoms with van der Waals surface area (Å²) in [6.07, 6.45) is 4.74. The second kappa shape index (κ2) is 4.31. The Hall–Kier alpha value is -1.65. The third-order valence-electron chi connectivity index (χ3n) is 3.09. The van der Waals surface area contributed by atoms with Gasteiger partial charge in [-0.15, -0.1) is 0 Å². The second-order valence-corrected chi connectivity index (χ2v) is 4.30. The largest absolute Gasteiger partial charge is 0.372 e. The first-order valence-corrected chi connectivity index (χ1v) is 5.82. The third-order valence-corrected chi connectivity index (χ3v) is 3.09. The molecule has 2 unspecified atom stereocenters. The summed E-state index contributed by atoms with van der Waals surface area (Å²) >= 11 is 0. The van der Waals surface area contributed by atoms with E-state index in [2.05, 4.69) is 5.10 Å². The van der Waals surface area contributed by atoms with Crippen LogP contribution in [0.25, 0.3) is 5.69 Å². The molecule has 1 aliphatic heterocycles. The van der Waals surface area contributed by atoms with Crippen LogP contribution >= 0.6 is 0 Å². The van der Waals surface area contributed by atoms with Gasteiger partial charge in [-0.2, -0.15) is 5.10 Å². The smallest absolute Gasteiger partial charge is 0.101 e. The summed E-state index contributed by atoms with van der Waals surface area (Å²) in [5.74, 6) is 0. The molecule has 0 spiro atoms. The molecule has 2 heterocycles. The van der Waals surface area contributed by atoms with Crippen LogP contribution in [0.1, 0.15) is 18.1 Å². The van der Waals surface area contributed by atoms with E-state index in [1.54, 1.807) is 0 Å². The van der Waals surface area contributed by atoms with Crippen LogP contribution in [0.3, 0.4) is 0 Å². The number of rotatable bonds is 2. The van der Waals surface area contributed by atoms with E-state index in [4.69, 9.17) is 10.5 Å². The molecule has 1 aliphatic rings. The highest BCUT2D eigenvalue weighted by atomic mass is 16.5. The van der Waals surface area contributed by atoms with Gasteiger partial charge in [0.25, 0.3) is 0 Å². The first kappa shape index (κ1) is 10.5. The minimum atomic E-state index is -0.00698. The van der Waals surface area contributed by atoms with Crippen molar-refractivity contribution in [1.82, 2.24) is 9.78 Å². The van der Waals surface area contributed by atoms with Crippen LogP contribution in [0.15, 0.2) is 42.7 Å². The summed E-state index contributed by atoms with van der Waals surface area (Å²) in [4.78, 5) is 0. The highest BCUT2D eigenvalue weighted by molar-refractivity contribution is 5.31. The predicted molar refractivity (Wildman–Crippen MR) is 64.8 cm³/mol. The number of hydrogen-bond donors (Lipinski definition) is 1. The van der Waals surface area contributed by atoms with Crippen molar-refractivity contribution in [2.75, 3.05) is 6.61 Å². The Balaban J connectivity index is 1.88. The van der Waals surface area contributed by atoms with Gasteiger partial charge in [0.15, 0.2) is 0 Å². The van der Waals surface area contributed by atoms with E-state index in [0.717, 1.165) is 24.3 Å². The molecule has 3 rings (SSSR count). The van der Waals surface area contributed by atoms with Crippen LogP contribution in [0.2, 0.25) is 0 Å². The summed E-state index contributed by atoms with van der Waals surface area (Å²) < 4.78 is 7.47. The Morgan fingerprint density at radius 1 is 1.29 bits per heavy atom. The Morgan fingerprint density at radius 3 is 2.82 bits per heavy atom. The van der Waals surface area contributed by atoms with E-state index in [-0.39, 0.29) is 12.1 Å². The van der Waals surface area contributed by atoms with Gasteiger partial charge in [0.05, 0.1) is 11.9 Å². The average Bonchev–Trinajstić information content (AvgIpc) is 2.98. The second-order valence-electron chi connectivity index (χ2n) is 4.30. The van der Waals surface area contributed by atoms with E-state index in [1.807, 2.05) is 47.4 Å². The number of benzene rings is 1. The lowest BCUT2D eigenvalue weighted by Crippen LogP contribution is -2.23. The molecule has 2 N–H and O–H groups in total. The topological polar surface area (TPSA) is 53.1 Å². The fourth-order valence-electron chi connectivity index (χ4n) is 2.16. The molecule has 88 valence electrons. The maximum atomic E-state index is 6.00. The molecule has 0 bridgehead atoms. The quantitative estimate of drug-likeness (QED) is 0.852. The monoisotopic (exact) mass is 229 g/mol. The molecule has 1 saturated heterocycles. The molecule has 4 heteroatoms. The van der Waals surface area contributed by atoms with Gasteiger partial charge >= 0.3 is 0 Å². The van der Waals surface area contributed by atoms with Gasteiger partial charge < -0.3 is 10.5 Å². The van der Waals surface area contributed by atoms with Crippen molar-refractivity contribution in [1.29, 1.82) is 0 Å². The van der Waals surface area contributed by atoms with Gasteiger partial charge in [0.2, 0.25) is 0 Å². The van der Waals surface area contributed by atoms with Crippen molar-refractivity contribution < 1.29 is 4.74 Å². The van der Waals surface area contributed by atoms with Crippen molar-refractivity contribution >= 4 is 0 Å². The fourth-order valence-corrected chi connectivity index (χ4v) is 2.16. The van der Waals surface area contributed by atoms with Crippen molar-refractivity contribution in [2.24, 2.45) is 5.73 Å². The summed E-state index contributed by atoms with van der Waals surface area (Å²) in [6, 6.07) is 10.1. The van der Waals surface area contributed by atoms with Crippen LogP contribution in [0, 0.1) is 0 Å². The lowest BCUT2D eigenvalue weighted by atomic mass is 10.1. The third kappa shape index (κ3) is 1.97. The SMILES string of the molecule is NC1CCOC1c1cnn(-c2ccccc2)c1. The number of aromatic nitrogens is 2. The van der Waals surface area contributed by atoms with Crippen LogP contribution in [0.4, 0.5) is 0 Å². The first-order valence-electron chi connectivity index (χ1n) is 5.82. The molecule has 0 aliphatic carbocycles. The summed E-state index contributed by atoms with van der Waals surface area (Å²) in [5.41, 5.74) is 8.10. The van der Waals surface area contributed by atoms with Crippen molar-refractivity contribution in [3.63, 3.8) is 0 Å². The Morgan fingerprint density at radius 2 is 2.12 bits per heavy atom. The fraction of sp³-hybridized carbons (Fsp3) is 0.308. The van der Waals surface area contributed by atoms with Crippen molar-refractivity contribution in [3.8, 4) is 5.69 Å². The Bertz CT molecular complexity index is 494. The molecule has 17 heavy (non-hydrogen) atoms. The van der Waals surface area contributed by atoms with Crippen molar-refractivity contribution in [2.45, 2.75) is 18.6 Å². The maximum Gasteiger partial charge on any atom is 0.101 e. The number of ether oxygens (including phenoxy) is 1. The van der Waals surface area contributed by atoms with Gasteiger partial charge in [-0.1, -0.05) is 18.2 Å².